The first-order chi connectivity index (χ1) is 14.1. The van der Waals surface area contributed by atoms with Gasteiger partial charge in [-0.2, -0.15) is 0 Å². The molecule has 3 aromatic rings. The fourth-order valence-electron chi connectivity index (χ4n) is 2.54. The number of hydrogen-bond donors (Lipinski definition) is 2. The molecule has 0 aliphatic heterocycles. The van der Waals surface area contributed by atoms with Gasteiger partial charge in [0.15, 0.2) is 0 Å². The molecule has 0 bridgehead atoms. The minimum Gasteiger partial charge on any atom is -0.497 e. The Morgan fingerprint density at radius 2 is 1.90 bits per heavy atom. The molecule has 29 heavy (non-hydrogen) atoms. The molecule has 0 aliphatic rings. The number of rotatable bonds is 7. The Bertz CT molecular complexity index is 1020. The predicted octanol–water partition coefficient (Wildman–Crippen LogP) is 3.66. The number of hydrogen-bond acceptors (Lipinski definition) is 7. The molecule has 0 atom stereocenters. The number of esters is 1. The van der Waals surface area contributed by atoms with Crippen LogP contribution >= 0.6 is 0 Å². The summed E-state index contributed by atoms with van der Waals surface area (Å²) < 4.78 is 10.2. The lowest BCUT2D eigenvalue weighted by atomic mass is 10.2. The van der Waals surface area contributed by atoms with Crippen molar-refractivity contribution in [2.75, 3.05) is 24.4 Å². The van der Waals surface area contributed by atoms with Crippen LogP contribution in [-0.4, -0.2) is 35.6 Å². The van der Waals surface area contributed by atoms with Crippen molar-refractivity contribution in [2.45, 2.75) is 6.92 Å². The summed E-state index contributed by atoms with van der Waals surface area (Å²) in [5.41, 5.74) is 1.58. The third kappa shape index (κ3) is 5.07. The number of carbonyl (C=O) groups is 2. The molecule has 148 valence electrons. The van der Waals surface area contributed by atoms with Gasteiger partial charge in [-0.3, -0.25) is 4.79 Å². The molecule has 2 aromatic carbocycles. The number of nitrogens with one attached hydrogen (secondary N) is 2. The molecule has 0 unspecified atom stereocenters. The molecule has 1 aromatic heterocycles. The summed E-state index contributed by atoms with van der Waals surface area (Å²) in [6.07, 6.45) is 1.46. The van der Waals surface area contributed by atoms with E-state index in [4.69, 9.17) is 9.47 Å². The number of benzene rings is 2. The van der Waals surface area contributed by atoms with Crippen molar-refractivity contribution in [3.05, 3.63) is 72.1 Å². The number of methoxy groups -OCH3 is 1. The molecule has 0 aliphatic carbocycles. The zero-order chi connectivity index (χ0) is 20.6. The fraction of sp³-hybridized carbons (Fsp3) is 0.143. The van der Waals surface area contributed by atoms with Gasteiger partial charge in [-0.25, -0.2) is 14.8 Å². The summed E-state index contributed by atoms with van der Waals surface area (Å²) in [6, 6.07) is 15.3. The Morgan fingerprint density at radius 3 is 2.69 bits per heavy atom. The van der Waals surface area contributed by atoms with Gasteiger partial charge in [-0.15, -0.1) is 0 Å². The standard InChI is InChI=1S/C21H20N4O4/c1-3-29-20(27)16-9-4-5-10-17(16)24-21-22-12-11-18(25-21)19(26)23-14-7-6-8-15(13-14)28-2/h4-13H,3H2,1-2H3,(H,23,26)(H,22,24,25). The van der Waals surface area contributed by atoms with Crippen LogP contribution in [0, 0.1) is 0 Å². The second-order valence-corrected chi connectivity index (χ2v) is 5.84. The smallest absolute Gasteiger partial charge is 0.340 e. The Kier molecular flexibility index (Phi) is 6.36. The number of para-hydroxylation sites is 1. The van der Waals surface area contributed by atoms with Gasteiger partial charge in [0, 0.05) is 18.0 Å². The Balaban J connectivity index is 1.78. The summed E-state index contributed by atoms with van der Waals surface area (Å²) >= 11 is 0. The van der Waals surface area contributed by atoms with Crippen LogP contribution in [0.2, 0.25) is 0 Å². The monoisotopic (exact) mass is 392 g/mol. The van der Waals surface area contributed by atoms with E-state index < -0.39 is 11.9 Å². The molecule has 0 fully saturated rings. The lowest BCUT2D eigenvalue weighted by Gasteiger charge is -2.11. The number of ether oxygens (including phenoxy) is 2. The summed E-state index contributed by atoms with van der Waals surface area (Å²) in [6.45, 7) is 2.01. The van der Waals surface area contributed by atoms with Crippen molar-refractivity contribution >= 4 is 29.2 Å². The highest BCUT2D eigenvalue weighted by Gasteiger charge is 2.14. The van der Waals surface area contributed by atoms with E-state index in [1.807, 2.05) is 0 Å². The minimum atomic E-state index is -0.456. The van der Waals surface area contributed by atoms with Crippen LogP contribution in [-0.2, 0) is 4.74 Å². The third-order valence-corrected chi connectivity index (χ3v) is 3.88. The Labute approximate surface area is 167 Å². The summed E-state index contributed by atoms with van der Waals surface area (Å²) in [5.74, 6) is -0.0478. The third-order valence-electron chi connectivity index (χ3n) is 3.88. The minimum absolute atomic E-state index is 0.166. The van der Waals surface area contributed by atoms with Gasteiger partial charge in [0.25, 0.3) is 5.91 Å². The molecule has 3 rings (SSSR count). The van der Waals surface area contributed by atoms with Gasteiger partial charge < -0.3 is 20.1 Å². The topological polar surface area (TPSA) is 102 Å². The molecule has 0 saturated carbocycles. The van der Waals surface area contributed by atoms with E-state index >= 15 is 0 Å². The molecular formula is C21H20N4O4. The van der Waals surface area contributed by atoms with E-state index in [1.54, 1.807) is 62.6 Å². The highest BCUT2D eigenvalue weighted by atomic mass is 16.5. The largest absolute Gasteiger partial charge is 0.497 e. The predicted molar refractivity (Wildman–Crippen MR) is 109 cm³/mol. The summed E-state index contributed by atoms with van der Waals surface area (Å²) in [7, 11) is 1.55. The quantitative estimate of drug-likeness (QED) is 0.592. The molecule has 1 heterocycles. The van der Waals surface area contributed by atoms with Gasteiger partial charge in [0.1, 0.15) is 11.4 Å². The molecule has 0 radical (unpaired) electrons. The summed E-state index contributed by atoms with van der Waals surface area (Å²) in [4.78, 5) is 33.0. The normalized spacial score (nSPS) is 10.1. The number of anilines is 3. The lowest BCUT2D eigenvalue weighted by molar-refractivity contribution is 0.0527. The van der Waals surface area contributed by atoms with Crippen LogP contribution in [0.25, 0.3) is 0 Å². The first-order valence-electron chi connectivity index (χ1n) is 8.92. The second-order valence-electron chi connectivity index (χ2n) is 5.84. The molecule has 2 N–H and O–H groups in total. The van der Waals surface area contributed by atoms with Gasteiger partial charge in [-0.05, 0) is 37.3 Å². The first-order valence-corrected chi connectivity index (χ1v) is 8.92. The number of nitrogens with zero attached hydrogens (tertiary/aromatic N) is 2. The zero-order valence-corrected chi connectivity index (χ0v) is 16.0. The fourth-order valence-corrected chi connectivity index (χ4v) is 2.54. The van der Waals surface area contributed by atoms with Gasteiger partial charge in [-0.1, -0.05) is 18.2 Å². The maximum absolute atomic E-state index is 12.5. The van der Waals surface area contributed by atoms with Gasteiger partial charge in [0.05, 0.1) is 25.0 Å². The zero-order valence-electron chi connectivity index (χ0n) is 16.0. The number of carbonyl (C=O) groups excluding carboxylic acids is 2. The number of amides is 1. The van der Waals surface area contributed by atoms with Crippen LogP contribution in [0.15, 0.2) is 60.8 Å². The van der Waals surface area contributed by atoms with Crippen molar-refractivity contribution < 1.29 is 19.1 Å². The maximum Gasteiger partial charge on any atom is 0.340 e. The molecule has 0 saturated heterocycles. The van der Waals surface area contributed by atoms with Crippen LogP contribution in [0.1, 0.15) is 27.8 Å². The second kappa shape index (κ2) is 9.32. The first kappa shape index (κ1) is 19.8. The Morgan fingerprint density at radius 1 is 1.07 bits per heavy atom. The summed E-state index contributed by atoms with van der Waals surface area (Å²) in [5, 5.41) is 5.73. The van der Waals surface area contributed by atoms with Crippen molar-refractivity contribution in [1.29, 1.82) is 0 Å². The van der Waals surface area contributed by atoms with E-state index in [0.717, 1.165) is 0 Å². The average Bonchev–Trinajstić information content (AvgIpc) is 2.74. The van der Waals surface area contributed by atoms with Crippen LogP contribution in [0.5, 0.6) is 5.75 Å². The van der Waals surface area contributed by atoms with Crippen molar-refractivity contribution in [3.63, 3.8) is 0 Å². The SMILES string of the molecule is CCOC(=O)c1ccccc1Nc1nccc(C(=O)Nc2cccc(OC)c2)n1. The van der Waals surface area contributed by atoms with E-state index in [0.29, 0.717) is 22.7 Å². The van der Waals surface area contributed by atoms with E-state index in [1.165, 1.54) is 12.3 Å². The van der Waals surface area contributed by atoms with E-state index in [-0.39, 0.29) is 18.2 Å². The van der Waals surface area contributed by atoms with Crippen LogP contribution < -0.4 is 15.4 Å². The molecule has 1 amide bonds. The van der Waals surface area contributed by atoms with Crippen molar-refractivity contribution in [1.82, 2.24) is 9.97 Å². The molecule has 8 nitrogen and oxygen atoms in total. The maximum atomic E-state index is 12.5. The highest BCUT2D eigenvalue weighted by Crippen LogP contribution is 2.20. The molecule has 8 heteroatoms. The van der Waals surface area contributed by atoms with Crippen LogP contribution in [0.4, 0.5) is 17.3 Å². The van der Waals surface area contributed by atoms with Crippen LogP contribution in [0.3, 0.4) is 0 Å². The lowest BCUT2D eigenvalue weighted by Crippen LogP contribution is -2.15. The van der Waals surface area contributed by atoms with Gasteiger partial charge in [0.2, 0.25) is 5.95 Å². The van der Waals surface area contributed by atoms with Gasteiger partial charge >= 0.3 is 5.97 Å². The Hall–Kier alpha value is -3.94. The highest BCUT2D eigenvalue weighted by molar-refractivity contribution is 6.03. The molecular weight excluding hydrogens is 372 g/mol. The van der Waals surface area contributed by atoms with E-state index in [2.05, 4.69) is 20.6 Å². The van der Waals surface area contributed by atoms with E-state index in [9.17, 15) is 9.59 Å². The van der Waals surface area contributed by atoms with Crippen molar-refractivity contribution in [2.24, 2.45) is 0 Å². The molecule has 0 spiro atoms. The number of aromatic nitrogens is 2. The average molecular weight is 392 g/mol. The van der Waals surface area contributed by atoms with Crippen molar-refractivity contribution in [3.8, 4) is 5.75 Å².